The largest absolute Gasteiger partial charge is 0.493 e. The van der Waals surface area contributed by atoms with Crippen LogP contribution in [0.1, 0.15) is 6.92 Å². The molecule has 0 saturated heterocycles. The molecule has 2 heterocycles. The first-order chi connectivity index (χ1) is 16.4. The van der Waals surface area contributed by atoms with Crippen LogP contribution in [0.4, 0.5) is 0 Å². The molecule has 170 valence electrons. The Balaban J connectivity index is 1.94. The Kier molecular flexibility index (Phi) is 5.42. The van der Waals surface area contributed by atoms with Crippen LogP contribution in [0.25, 0.3) is 44.2 Å². The standard InChI is InChI=1S/C27H22N2O4S/c1-3-33-23-15-12-18-7-4-5-8-21(18)25(23)26-24(19-10-13-20(14-11-19)34(2,31)32)22-9-6-16-28-27(22)29(26)17-30/h4-17H,3H2,1-2H3. The first-order valence-corrected chi connectivity index (χ1v) is 12.7. The van der Waals surface area contributed by atoms with E-state index in [9.17, 15) is 13.2 Å². The van der Waals surface area contributed by atoms with E-state index in [2.05, 4.69) is 4.98 Å². The van der Waals surface area contributed by atoms with Crippen LogP contribution < -0.4 is 4.74 Å². The van der Waals surface area contributed by atoms with E-state index in [1.807, 2.05) is 55.5 Å². The summed E-state index contributed by atoms with van der Waals surface area (Å²) < 4.78 is 31.6. The van der Waals surface area contributed by atoms with Crippen molar-refractivity contribution in [1.29, 1.82) is 0 Å². The third-order valence-electron chi connectivity index (χ3n) is 5.87. The summed E-state index contributed by atoms with van der Waals surface area (Å²) in [6.45, 7) is 2.38. The highest BCUT2D eigenvalue weighted by Gasteiger charge is 2.25. The van der Waals surface area contributed by atoms with E-state index < -0.39 is 9.84 Å². The van der Waals surface area contributed by atoms with Crippen LogP contribution in [-0.4, -0.2) is 37.2 Å². The molecule has 7 heteroatoms. The number of hydrogen-bond acceptors (Lipinski definition) is 5. The fraction of sp³-hybridized carbons (Fsp3) is 0.111. The van der Waals surface area contributed by atoms with Gasteiger partial charge in [-0.3, -0.25) is 9.36 Å². The number of nitrogens with zero attached hydrogens (tertiary/aromatic N) is 2. The zero-order chi connectivity index (χ0) is 23.9. The quantitative estimate of drug-likeness (QED) is 0.312. The molecule has 0 bridgehead atoms. The van der Waals surface area contributed by atoms with Crippen LogP contribution >= 0.6 is 0 Å². The predicted molar refractivity (Wildman–Crippen MR) is 135 cm³/mol. The molecule has 5 rings (SSSR count). The molecule has 0 saturated carbocycles. The number of fused-ring (bicyclic) bond motifs is 2. The van der Waals surface area contributed by atoms with E-state index in [0.29, 0.717) is 23.7 Å². The van der Waals surface area contributed by atoms with Crippen molar-refractivity contribution < 1.29 is 17.9 Å². The summed E-state index contributed by atoms with van der Waals surface area (Å²) in [5.41, 5.74) is 3.51. The third-order valence-corrected chi connectivity index (χ3v) is 6.99. The molecule has 0 atom stereocenters. The summed E-state index contributed by atoms with van der Waals surface area (Å²) in [5.74, 6) is 0.654. The maximum Gasteiger partial charge on any atom is 0.219 e. The molecule has 34 heavy (non-hydrogen) atoms. The number of ether oxygens (including phenoxy) is 1. The van der Waals surface area contributed by atoms with Gasteiger partial charge in [-0.25, -0.2) is 13.4 Å². The molecule has 6 nitrogen and oxygen atoms in total. The number of carbonyl (C=O) groups is 1. The monoisotopic (exact) mass is 470 g/mol. The Hall–Kier alpha value is -3.97. The van der Waals surface area contributed by atoms with Crippen LogP contribution in [0.15, 0.2) is 83.9 Å². The number of hydrogen-bond donors (Lipinski definition) is 0. The van der Waals surface area contributed by atoms with Crippen LogP contribution in [0.5, 0.6) is 5.75 Å². The number of rotatable bonds is 6. The summed E-state index contributed by atoms with van der Waals surface area (Å²) in [7, 11) is -3.34. The van der Waals surface area contributed by atoms with E-state index in [-0.39, 0.29) is 4.90 Å². The molecular weight excluding hydrogens is 448 g/mol. The molecule has 0 radical (unpaired) electrons. The van der Waals surface area contributed by atoms with Crippen molar-refractivity contribution in [3.05, 3.63) is 79.0 Å². The van der Waals surface area contributed by atoms with Crippen molar-refractivity contribution in [2.24, 2.45) is 0 Å². The second kappa shape index (κ2) is 8.43. The molecule has 0 unspecified atom stereocenters. The molecule has 0 fully saturated rings. The van der Waals surface area contributed by atoms with Gasteiger partial charge in [-0.05, 0) is 53.6 Å². The lowest BCUT2D eigenvalue weighted by Gasteiger charge is -2.16. The van der Waals surface area contributed by atoms with Gasteiger partial charge in [-0.15, -0.1) is 0 Å². The summed E-state index contributed by atoms with van der Waals surface area (Å²) in [5, 5.41) is 2.73. The first kappa shape index (κ1) is 21.9. The van der Waals surface area contributed by atoms with Gasteiger partial charge in [-0.1, -0.05) is 42.5 Å². The van der Waals surface area contributed by atoms with Gasteiger partial charge in [0.2, 0.25) is 6.41 Å². The molecule has 0 aliphatic carbocycles. The minimum absolute atomic E-state index is 0.232. The van der Waals surface area contributed by atoms with E-state index in [4.69, 9.17) is 4.74 Å². The third kappa shape index (κ3) is 3.54. The van der Waals surface area contributed by atoms with E-state index in [1.54, 1.807) is 35.0 Å². The zero-order valence-corrected chi connectivity index (χ0v) is 19.5. The van der Waals surface area contributed by atoms with Gasteiger partial charge in [-0.2, -0.15) is 0 Å². The van der Waals surface area contributed by atoms with Crippen molar-refractivity contribution in [2.45, 2.75) is 11.8 Å². The minimum atomic E-state index is -3.34. The van der Waals surface area contributed by atoms with E-state index in [0.717, 1.165) is 39.3 Å². The van der Waals surface area contributed by atoms with E-state index >= 15 is 0 Å². The molecule has 0 spiro atoms. The molecular formula is C27H22N2O4S. The first-order valence-electron chi connectivity index (χ1n) is 10.8. The van der Waals surface area contributed by atoms with Gasteiger partial charge in [0.15, 0.2) is 9.84 Å². The smallest absolute Gasteiger partial charge is 0.219 e. The van der Waals surface area contributed by atoms with Crippen LogP contribution in [-0.2, 0) is 14.6 Å². The van der Waals surface area contributed by atoms with Gasteiger partial charge >= 0.3 is 0 Å². The molecule has 0 aliphatic rings. The zero-order valence-electron chi connectivity index (χ0n) is 18.7. The maximum atomic E-state index is 12.5. The van der Waals surface area contributed by atoms with E-state index in [1.165, 1.54) is 6.26 Å². The lowest BCUT2D eigenvalue weighted by molar-refractivity contribution is 0.342. The van der Waals surface area contributed by atoms with Crippen LogP contribution in [0, 0.1) is 0 Å². The Bertz CT molecular complexity index is 1650. The fourth-order valence-corrected chi connectivity index (χ4v) is 5.05. The summed E-state index contributed by atoms with van der Waals surface area (Å²) in [6.07, 6.45) is 3.59. The Labute approximate surface area is 197 Å². The van der Waals surface area contributed by atoms with Crippen molar-refractivity contribution >= 4 is 38.1 Å². The topological polar surface area (TPSA) is 78.3 Å². The second-order valence-corrected chi connectivity index (χ2v) is 9.98. The van der Waals surface area contributed by atoms with Gasteiger partial charge < -0.3 is 4.74 Å². The number of pyridine rings is 1. The second-order valence-electron chi connectivity index (χ2n) is 7.96. The van der Waals surface area contributed by atoms with Gasteiger partial charge in [0, 0.05) is 29.0 Å². The average Bonchev–Trinajstić information content (AvgIpc) is 3.17. The number of aromatic nitrogens is 2. The molecule has 5 aromatic rings. The molecule has 0 aliphatic heterocycles. The predicted octanol–water partition coefficient (Wildman–Crippen LogP) is 5.36. The number of carbonyl (C=O) groups excluding carboxylic acids is 1. The molecule has 0 N–H and O–H groups in total. The van der Waals surface area contributed by atoms with Gasteiger partial charge in [0.05, 0.1) is 17.2 Å². The highest BCUT2D eigenvalue weighted by Crippen LogP contribution is 2.46. The minimum Gasteiger partial charge on any atom is -0.493 e. The maximum absolute atomic E-state index is 12.5. The highest BCUT2D eigenvalue weighted by molar-refractivity contribution is 7.90. The lowest BCUT2D eigenvalue weighted by atomic mass is 9.94. The number of benzene rings is 3. The normalized spacial score (nSPS) is 11.7. The Morgan fingerprint density at radius 1 is 0.912 bits per heavy atom. The average molecular weight is 471 g/mol. The van der Waals surface area contributed by atoms with Gasteiger partial charge in [0.1, 0.15) is 11.4 Å². The molecule has 0 amide bonds. The van der Waals surface area contributed by atoms with Crippen LogP contribution in [0.3, 0.4) is 0 Å². The molecule has 3 aromatic carbocycles. The summed E-state index contributed by atoms with van der Waals surface area (Å²) >= 11 is 0. The van der Waals surface area contributed by atoms with Crippen molar-refractivity contribution in [3.8, 4) is 28.1 Å². The van der Waals surface area contributed by atoms with Crippen molar-refractivity contribution in [3.63, 3.8) is 0 Å². The Morgan fingerprint density at radius 3 is 2.35 bits per heavy atom. The fourth-order valence-electron chi connectivity index (χ4n) is 4.42. The summed E-state index contributed by atoms with van der Waals surface area (Å²) in [4.78, 5) is 17.2. The van der Waals surface area contributed by atoms with Crippen LogP contribution in [0.2, 0.25) is 0 Å². The van der Waals surface area contributed by atoms with Gasteiger partial charge in [0.25, 0.3) is 0 Å². The number of sulfone groups is 1. The van der Waals surface area contributed by atoms with Crippen molar-refractivity contribution in [1.82, 2.24) is 9.55 Å². The lowest BCUT2D eigenvalue weighted by Crippen LogP contribution is -2.02. The SMILES string of the molecule is CCOc1ccc2ccccc2c1-c1c(-c2ccc(S(C)(=O)=O)cc2)c2cccnc2n1C=O. The Morgan fingerprint density at radius 2 is 1.65 bits per heavy atom. The van der Waals surface area contributed by atoms with Crippen molar-refractivity contribution in [2.75, 3.05) is 12.9 Å². The summed E-state index contributed by atoms with van der Waals surface area (Å²) in [6, 6.07) is 22.3. The molecule has 2 aromatic heterocycles. The highest BCUT2D eigenvalue weighted by atomic mass is 32.2.